The van der Waals surface area contributed by atoms with Crippen molar-refractivity contribution >= 4 is 17.3 Å². The van der Waals surface area contributed by atoms with Crippen LogP contribution in [-0.2, 0) is 4.79 Å². The molecular formula is C14H13ClO. The first-order valence-corrected chi connectivity index (χ1v) is 5.37. The molecule has 0 spiro atoms. The Balaban J connectivity index is 0.000000386. The minimum Gasteiger partial charge on any atom is -0.285 e. The lowest BCUT2D eigenvalue weighted by atomic mass is 10.0. The zero-order valence-electron chi connectivity index (χ0n) is 9.06. The van der Waals surface area contributed by atoms with Crippen molar-refractivity contribution in [2.75, 3.05) is 0 Å². The Labute approximate surface area is 101 Å². The molecule has 2 heteroatoms. The molecular weight excluding hydrogens is 220 g/mol. The van der Waals surface area contributed by atoms with Gasteiger partial charge >= 0.3 is 0 Å². The van der Waals surface area contributed by atoms with Crippen LogP contribution in [0.3, 0.4) is 0 Å². The zero-order valence-corrected chi connectivity index (χ0v) is 9.82. The number of carbonyl (C=O) groups excluding carboxylic acids is 1. The van der Waals surface area contributed by atoms with Crippen molar-refractivity contribution in [3.63, 3.8) is 0 Å². The second-order valence-corrected chi connectivity index (χ2v) is 3.50. The largest absolute Gasteiger partial charge is 0.285 e. The van der Waals surface area contributed by atoms with E-state index in [1.54, 1.807) is 0 Å². The maximum Gasteiger partial charge on any atom is 0.208 e. The number of halogens is 1. The van der Waals surface area contributed by atoms with Crippen molar-refractivity contribution < 1.29 is 4.79 Å². The molecule has 0 amide bonds. The zero-order chi connectivity index (χ0) is 11.8. The van der Waals surface area contributed by atoms with Gasteiger partial charge in [-0.2, -0.15) is 0 Å². The lowest BCUT2D eigenvalue weighted by Gasteiger charge is -2.00. The van der Waals surface area contributed by atoms with Crippen molar-refractivity contribution in [3.05, 3.63) is 60.2 Å². The summed E-state index contributed by atoms with van der Waals surface area (Å²) in [6.07, 6.45) is 0. The highest BCUT2D eigenvalue weighted by molar-refractivity contribution is 6.54. The van der Waals surface area contributed by atoms with Gasteiger partial charge < -0.3 is 0 Å². The molecule has 1 nitrogen and oxygen atoms in total. The number of hydrogen-bond acceptors (Lipinski definition) is 1. The number of benzene rings is 2. The van der Waals surface area contributed by atoms with Crippen molar-refractivity contribution in [3.8, 4) is 11.1 Å². The molecule has 0 aromatic heterocycles. The van der Waals surface area contributed by atoms with Gasteiger partial charge in [0, 0.05) is 0 Å². The van der Waals surface area contributed by atoms with E-state index in [0.717, 1.165) is 0 Å². The predicted octanol–water partition coefficient (Wildman–Crippen LogP) is 4.08. The SMILES string of the molecule is Cc1ccc(-c2ccccc2)cc1.O=CCl. The summed E-state index contributed by atoms with van der Waals surface area (Å²) in [5.41, 5.74) is 3.87. The van der Waals surface area contributed by atoms with E-state index in [9.17, 15) is 0 Å². The predicted molar refractivity (Wildman–Crippen MR) is 69.2 cm³/mol. The van der Waals surface area contributed by atoms with Crippen LogP contribution >= 0.6 is 11.6 Å². The molecule has 0 aliphatic rings. The first-order chi connectivity index (χ1) is 7.77. The third-order valence-electron chi connectivity index (χ3n) is 2.16. The van der Waals surface area contributed by atoms with E-state index in [2.05, 4.69) is 67.1 Å². The molecule has 0 bridgehead atoms. The van der Waals surface area contributed by atoms with Crippen molar-refractivity contribution in [2.45, 2.75) is 6.92 Å². The molecule has 2 rings (SSSR count). The fraction of sp³-hybridized carbons (Fsp3) is 0.0714. The first-order valence-electron chi connectivity index (χ1n) is 4.94. The maximum absolute atomic E-state index is 8.57. The molecule has 0 N–H and O–H groups in total. The first kappa shape index (κ1) is 12.5. The highest BCUT2D eigenvalue weighted by atomic mass is 35.5. The Morgan fingerprint density at radius 3 is 1.81 bits per heavy atom. The highest BCUT2D eigenvalue weighted by Crippen LogP contribution is 2.18. The Bertz CT molecular complexity index is 420. The quantitative estimate of drug-likeness (QED) is 0.535. The molecule has 0 aliphatic carbocycles. The second-order valence-electron chi connectivity index (χ2n) is 3.32. The average molecular weight is 233 g/mol. The van der Waals surface area contributed by atoms with Crippen molar-refractivity contribution in [1.29, 1.82) is 0 Å². The van der Waals surface area contributed by atoms with E-state index in [4.69, 9.17) is 4.79 Å². The van der Waals surface area contributed by atoms with Crippen LogP contribution in [-0.4, -0.2) is 5.75 Å². The minimum absolute atomic E-state index is 0.222. The smallest absolute Gasteiger partial charge is 0.208 e. The molecule has 0 aliphatic heterocycles. The van der Waals surface area contributed by atoms with Gasteiger partial charge in [0.05, 0.1) is 0 Å². The molecule has 0 atom stereocenters. The molecule has 2 aromatic rings. The summed E-state index contributed by atoms with van der Waals surface area (Å²) in [4.78, 5) is 8.57. The molecule has 0 saturated heterocycles. The number of carbonyl (C=O) groups is 1. The fourth-order valence-corrected chi connectivity index (χ4v) is 1.38. The van der Waals surface area contributed by atoms with Gasteiger partial charge in [-0.25, -0.2) is 0 Å². The summed E-state index contributed by atoms with van der Waals surface area (Å²) >= 11 is 4.32. The fourth-order valence-electron chi connectivity index (χ4n) is 1.38. The molecule has 0 saturated carbocycles. The van der Waals surface area contributed by atoms with Crippen molar-refractivity contribution in [2.24, 2.45) is 0 Å². The van der Waals surface area contributed by atoms with Crippen LogP contribution in [0.5, 0.6) is 0 Å². The summed E-state index contributed by atoms with van der Waals surface area (Å²) in [7, 11) is 0. The van der Waals surface area contributed by atoms with Crippen molar-refractivity contribution in [1.82, 2.24) is 0 Å². The van der Waals surface area contributed by atoms with E-state index in [0.29, 0.717) is 0 Å². The summed E-state index contributed by atoms with van der Waals surface area (Å²) in [6, 6.07) is 19.0. The minimum atomic E-state index is 0.222. The van der Waals surface area contributed by atoms with Crippen LogP contribution in [0.2, 0.25) is 0 Å². The van der Waals surface area contributed by atoms with Gasteiger partial charge in [-0.1, -0.05) is 60.2 Å². The maximum atomic E-state index is 8.57. The topological polar surface area (TPSA) is 17.1 Å². The second kappa shape index (κ2) is 6.81. The monoisotopic (exact) mass is 232 g/mol. The molecule has 0 fully saturated rings. The van der Waals surface area contributed by atoms with Gasteiger partial charge in [0.1, 0.15) is 0 Å². The Kier molecular flexibility index (Phi) is 5.30. The lowest BCUT2D eigenvalue weighted by Crippen LogP contribution is -1.76. The Hall–Kier alpha value is -1.60. The van der Waals surface area contributed by atoms with Gasteiger partial charge in [0.25, 0.3) is 0 Å². The van der Waals surface area contributed by atoms with Crippen LogP contribution in [0, 0.1) is 6.92 Å². The molecule has 2 aromatic carbocycles. The van der Waals surface area contributed by atoms with E-state index >= 15 is 0 Å². The van der Waals surface area contributed by atoms with E-state index < -0.39 is 0 Å². The molecule has 0 unspecified atom stereocenters. The van der Waals surface area contributed by atoms with E-state index in [1.165, 1.54) is 16.7 Å². The standard InChI is InChI=1S/C13H12.CHClO/c1-11-7-9-13(10-8-11)12-5-3-2-4-6-12;2-1-3/h2-10H,1H3;1H. The van der Waals surface area contributed by atoms with Gasteiger partial charge in [0.15, 0.2) is 0 Å². The van der Waals surface area contributed by atoms with Crippen LogP contribution < -0.4 is 0 Å². The molecule has 16 heavy (non-hydrogen) atoms. The average Bonchev–Trinajstić information content (AvgIpc) is 2.32. The normalized spacial score (nSPS) is 8.88. The highest BCUT2D eigenvalue weighted by Gasteiger charge is 1.93. The van der Waals surface area contributed by atoms with Gasteiger partial charge in [-0.15, -0.1) is 0 Å². The lowest BCUT2D eigenvalue weighted by molar-refractivity contribution is 0.569. The number of hydrogen-bond donors (Lipinski definition) is 0. The Morgan fingerprint density at radius 1 is 0.875 bits per heavy atom. The van der Waals surface area contributed by atoms with E-state index in [-0.39, 0.29) is 5.75 Å². The van der Waals surface area contributed by atoms with Crippen LogP contribution in [0.25, 0.3) is 11.1 Å². The number of rotatable bonds is 1. The van der Waals surface area contributed by atoms with Gasteiger partial charge in [-0.05, 0) is 29.7 Å². The summed E-state index contributed by atoms with van der Waals surface area (Å²) < 4.78 is 0. The van der Waals surface area contributed by atoms with Crippen LogP contribution in [0.15, 0.2) is 54.6 Å². The van der Waals surface area contributed by atoms with Gasteiger partial charge in [-0.3, -0.25) is 4.79 Å². The summed E-state index contributed by atoms with van der Waals surface area (Å²) in [5.74, 6) is 0.222. The van der Waals surface area contributed by atoms with E-state index in [1.807, 2.05) is 6.07 Å². The number of aryl methyl sites for hydroxylation is 1. The van der Waals surface area contributed by atoms with Crippen LogP contribution in [0.1, 0.15) is 5.56 Å². The van der Waals surface area contributed by atoms with Crippen LogP contribution in [0.4, 0.5) is 0 Å². The summed E-state index contributed by atoms with van der Waals surface area (Å²) in [6.45, 7) is 2.11. The molecule has 82 valence electrons. The molecule has 0 heterocycles. The third-order valence-corrected chi connectivity index (χ3v) is 2.16. The Morgan fingerprint density at radius 2 is 1.31 bits per heavy atom. The third kappa shape index (κ3) is 3.87. The van der Waals surface area contributed by atoms with Gasteiger partial charge in [0.2, 0.25) is 5.75 Å². The summed E-state index contributed by atoms with van der Waals surface area (Å²) in [5, 5.41) is 0. The molecule has 0 radical (unpaired) electrons.